The summed E-state index contributed by atoms with van der Waals surface area (Å²) in [7, 11) is 0. The molecule has 2 amide bonds. The first-order valence-electron chi connectivity index (χ1n) is 10.1. The van der Waals surface area contributed by atoms with Crippen LogP contribution in [0.5, 0.6) is 0 Å². The lowest BCUT2D eigenvalue weighted by atomic mass is 10.1. The third-order valence-corrected chi connectivity index (χ3v) is 6.40. The highest BCUT2D eigenvalue weighted by atomic mass is 32.2. The minimum Gasteiger partial charge on any atom is -0.324 e. The highest BCUT2D eigenvalue weighted by Crippen LogP contribution is 2.31. The van der Waals surface area contributed by atoms with Gasteiger partial charge in [-0.1, -0.05) is 6.07 Å². The minimum atomic E-state index is -4.50. The number of thioether (sulfide) groups is 1. The second-order valence-corrected chi connectivity index (χ2v) is 8.57. The number of benzene rings is 2. The van der Waals surface area contributed by atoms with Crippen LogP contribution < -0.4 is 5.32 Å². The van der Waals surface area contributed by atoms with Gasteiger partial charge in [0.1, 0.15) is 6.04 Å². The zero-order chi connectivity index (χ0) is 24.5. The Balaban J connectivity index is 1.54. The van der Waals surface area contributed by atoms with Gasteiger partial charge in [-0.15, -0.1) is 11.8 Å². The smallest absolute Gasteiger partial charge is 0.324 e. The van der Waals surface area contributed by atoms with E-state index < -0.39 is 23.7 Å². The highest BCUT2D eigenvalue weighted by Gasteiger charge is 2.36. The van der Waals surface area contributed by atoms with Crippen molar-refractivity contribution in [3.05, 3.63) is 77.1 Å². The first kappa shape index (κ1) is 23.4. The first-order chi connectivity index (χ1) is 16.2. The molecule has 11 heteroatoms. The molecule has 1 N–H and O–H groups in total. The van der Waals surface area contributed by atoms with Crippen molar-refractivity contribution in [2.24, 2.45) is 0 Å². The van der Waals surface area contributed by atoms with Gasteiger partial charge in [0, 0.05) is 11.4 Å². The molecule has 34 heavy (non-hydrogen) atoms. The van der Waals surface area contributed by atoms with E-state index in [1.807, 2.05) is 6.07 Å². The summed E-state index contributed by atoms with van der Waals surface area (Å²) in [5.41, 5.74) is 0.894. The number of carbonyl (C=O) groups is 2. The van der Waals surface area contributed by atoms with Crippen LogP contribution in [-0.4, -0.2) is 44.2 Å². The number of rotatable bonds is 4. The van der Waals surface area contributed by atoms with E-state index in [0.29, 0.717) is 28.6 Å². The second-order valence-electron chi connectivity index (χ2n) is 7.57. The molecule has 1 unspecified atom stereocenters. The topological polar surface area (TPSA) is 91.0 Å². The number of nitrogens with zero attached hydrogens (tertiary/aromatic N) is 4. The van der Waals surface area contributed by atoms with Crippen LogP contribution in [0.25, 0.3) is 5.69 Å². The fourth-order valence-electron chi connectivity index (χ4n) is 3.56. The maximum Gasteiger partial charge on any atom is 0.416 e. The molecular formula is C23H18F3N5O2S. The number of halogens is 3. The number of nitriles is 1. The fourth-order valence-corrected chi connectivity index (χ4v) is 4.72. The van der Waals surface area contributed by atoms with Gasteiger partial charge in [0.05, 0.1) is 46.2 Å². The van der Waals surface area contributed by atoms with Gasteiger partial charge in [-0.2, -0.15) is 23.5 Å². The molecule has 2 aromatic carbocycles. The average Bonchev–Trinajstić information content (AvgIpc) is 3.46. The number of hydrogen-bond acceptors (Lipinski definition) is 5. The third kappa shape index (κ3) is 4.63. The molecule has 1 aliphatic rings. The summed E-state index contributed by atoms with van der Waals surface area (Å²) in [6.07, 6.45) is -3.20. The van der Waals surface area contributed by atoms with Gasteiger partial charge >= 0.3 is 6.18 Å². The molecule has 2 heterocycles. The maximum atomic E-state index is 13.3. The predicted octanol–water partition coefficient (Wildman–Crippen LogP) is 4.23. The van der Waals surface area contributed by atoms with Crippen molar-refractivity contribution in [1.82, 2.24) is 14.7 Å². The molecule has 1 fully saturated rings. The zero-order valence-electron chi connectivity index (χ0n) is 17.8. The normalized spacial score (nSPS) is 15.7. The van der Waals surface area contributed by atoms with Gasteiger partial charge < -0.3 is 10.2 Å². The summed E-state index contributed by atoms with van der Waals surface area (Å²) in [6.45, 7) is 1.59. The zero-order valence-corrected chi connectivity index (χ0v) is 18.7. The lowest BCUT2D eigenvalue weighted by Gasteiger charge is -2.23. The van der Waals surface area contributed by atoms with E-state index in [-0.39, 0.29) is 17.2 Å². The molecule has 0 radical (unpaired) electrons. The Labute approximate surface area is 197 Å². The molecule has 0 bridgehead atoms. The van der Waals surface area contributed by atoms with Crippen LogP contribution >= 0.6 is 11.8 Å². The van der Waals surface area contributed by atoms with Crippen molar-refractivity contribution in [2.75, 3.05) is 16.9 Å². The van der Waals surface area contributed by atoms with E-state index in [4.69, 9.17) is 5.26 Å². The van der Waals surface area contributed by atoms with Crippen LogP contribution in [0.3, 0.4) is 0 Å². The molecule has 1 saturated heterocycles. The number of hydrogen-bond donors (Lipinski definition) is 1. The van der Waals surface area contributed by atoms with Crippen molar-refractivity contribution in [3.63, 3.8) is 0 Å². The SMILES string of the molecule is Cc1c(C(=O)N2CSCC2C(=O)Nc2ccc(C#N)cc2)cnn1-c1cccc(C(F)(F)F)c1. The Kier molecular flexibility index (Phi) is 6.34. The number of aromatic nitrogens is 2. The summed E-state index contributed by atoms with van der Waals surface area (Å²) in [4.78, 5) is 27.5. The summed E-state index contributed by atoms with van der Waals surface area (Å²) in [5, 5.41) is 15.8. The number of carbonyl (C=O) groups excluding carboxylic acids is 2. The van der Waals surface area contributed by atoms with E-state index in [1.165, 1.54) is 39.7 Å². The van der Waals surface area contributed by atoms with Crippen LogP contribution in [0.15, 0.2) is 54.7 Å². The number of anilines is 1. The number of amides is 2. The summed E-state index contributed by atoms with van der Waals surface area (Å²) >= 11 is 1.42. The lowest BCUT2D eigenvalue weighted by molar-refractivity contribution is -0.137. The van der Waals surface area contributed by atoms with Crippen LogP contribution in [0.2, 0.25) is 0 Å². The number of nitrogens with one attached hydrogen (secondary N) is 1. The average molecular weight is 485 g/mol. The van der Waals surface area contributed by atoms with Gasteiger partial charge in [0.2, 0.25) is 5.91 Å². The largest absolute Gasteiger partial charge is 0.416 e. The van der Waals surface area contributed by atoms with Crippen LogP contribution in [0, 0.1) is 18.3 Å². The van der Waals surface area contributed by atoms with Crippen LogP contribution in [-0.2, 0) is 11.0 Å². The molecule has 4 rings (SSSR count). The molecule has 7 nitrogen and oxygen atoms in total. The predicted molar refractivity (Wildman–Crippen MR) is 120 cm³/mol. The van der Waals surface area contributed by atoms with Crippen molar-refractivity contribution in [2.45, 2.75) is 19.1 Å². The lowest BCUT2D eigenvalue weighted by Crippen LogP contribution is -2.44. The van der Waals surface area contributed by atoms with Crippen molar-refractivity contribution >= 4 is 29.3 Å². The van der Waals surface area contributed by atoms with Gasteiger partial charge in [-0.05, 0) is 49.4 Å². The minimum absolute atomic E-state index is 0.178. The fraction of sp³-hybridized carbons (Fsp3) is 0.217. The molecule has 1 aliphatic heterocycles. The molecule has 0 spiro atoms. The van der Waals surface area contributed by atoms with E-state index >= 15 is 0 Å². The molecule has 0 aliphatic carbocycles. The van der Waals surface area contributed by atoms with Crippen molar-refractivity contribution in [3.8, 4) is 11.8 Å². The Morgan fingerprint density at radius 2 is 1.94 bits per heavy atom. The Morgan fingerprint density at radius 3 is 2.62 bits per heavy atom. The second kappa shape index (κ2) is 9.23. The Morgan fingerprint density at radius 1 is 1.21 bits per heavy atom. The molecule has 3 aromatic rings. The van der Waals surface area contributed by atoms with E-state index in [1.54, 1.807) is 31.2 Å². The van der Waals surface area contributed by atoms with Gasteiger partial charge in [0.15, 0.2) is 0 Å². The van der Waals surface area contributed by atoms with E-state index in [2.05, 4.69) is 10.4 Å². The quantitative estimate of drug-likeness (QED) is 0.598. The van der Waals surface area contributed by atoms with E-state index in [9.17, 15) is 22.8 Å². The summed E-state index contributed by atoms with van der Waals surface area (Å²) in [6, 6.07) is 12.3. The van der Waals surface area contributed by atoms with E-state index in [0.717, 1.165) is 12.1 Å². The Hall–Kier alpha value is -3.78. The van der Waals surface area contributed by atoms with Gasteiger partial charge in [0.25, 0.3) is 5.91 Å². The summed E-state index contributed by atoms with van der Waals surface area (Å²) in [5.74, 6) is -0.112. The van der Waals surface area contributed by atoms with Crippen LogP contribution in [0.4, 0.5) is 18.9 Å². The molecule has 0 saturated carbocycles. The maximum absolute atomic E-state index is 13.3. The monoisotopic (exact) mass is 485 g/mol. The highest BCUT2D eigenvalue weighted by molar-refractivity contribution is 7.99. The molecule has 174 valence electrons. The van der Waals surface area contributed by atoms with Gasteiger partial charge in [-0.25, -0.2) is 4.68 Å². The van der Waals surface area contributed by atoms with Crippen LogP contribution in [0.1, 0.15) is 27.2 Å². The van der Waals surface area contributed by atoms with Gasteiger partial charge in [-0.3, -0.25) is 9.59 Å². The Bertz CT molecular complexity index is 1280. The van der Waals surface area contributed by atoms with Crippen molar-refractivity contribution < 1.29 is 22.8 Å². The molecular weight excluding hydrogens is 467 g/mol. The number of alkyl halides is 3. The standard InChI is InChI=1S/C23H18F3N5O2S/c1-14-19(11-28-31(14)18-4-2-3-16(9-18)23(24,25)26)22(33)30-13-34-12-20(30)21(32)29-17-7-5-15(10-27)6-8-17/h2-9,11,20H,12-13H2,1H3,(H,29,32). The third-order valence-electron chi connectivity index (χ3n) is 5.39. The first-order valence-corrected chi connectivity index (χ1v) is 11.3. The summed E-state index contributed by atoms with van der Waals surface area (Å²) < 4.78 is 40.5. The molecule has 1 atom stereocenters. The van der Waals surface area contributed by atoms with Crippen molar-refractivity contribution in [1.29, 1.82) is 5.26 Å². The molecule has 1 aromatic heterocycles.